The van der Waals surface area contributed by atoms with E-state index in [0.29, 0.717) is 0 Å². The van der Waals surface area contributed by atoms with Crippen LogP contribution in [0.15, 0.2) is 12.1 Å². The van der Waals surface area contributed by atoms with Crippen molar-refractivity contribution in [2.75, 3.05) is 19.0 Å². The van der Waals surface area contributed by atoms with Gasteiger partial charge in [-0.1, -0.05) is 6.07 Å². The van der Waals surface area contributed by atoms with Gasteiger partial charge in [0, 0.05) is 25.3 Å². The number of nitrogens with zero attached hydrogens (tertiary/aromatic N) is 1. The van der Waals surface area contributed by atoms with Gasteiger partial charge >= 0.3 is 0 Å². The van der Waals surface area contributed by atoms with Crippen LogP contribution in [0.2, 0.25) is 0 Å². The van der Waals surface area contributed by atoms with Crippen molar-refractivity contribution in [3.63, 3.8) is 0 Å². The fourth-order valence-electron chi connectivity index (χ4n) is 2.02. The number of aryl methyl sites for hydroxylation is 1. The lowest BCUT2D eigenvalue weighted by Gasteiger charge is -2.21. The molecule has 0 unspecified atom stereocenters. The van der Waals surface area contributed by atoms with E-state index in [-0.39, 0.29) is 5.54 Å². The molecule has 1 aromatic carbocycles. The fourth-order valence-corrected chi connectivity index (χ4v) is 2.02. The summed E-state index contributed by atoms with van der Waals surface area (Å²) in [5.41, 5.74) is 11.5. The quantitative estimate of drug-likeness (QED) is 0.801. The van der Waals surface area contributed by atoms with E-state index in [1.807, 2.05) is 0 Å². The first-order valence-electron chi connectivity index (χ1n) is 5.52. The summed E-state index contributed by atoms with van der Waals surface area (Å²) in [7, 11) is 4.17. The molecule has 1 saturated carbocycles. The van der Waals surface area contributed by atoms with Gasteiger partial charge in [-0.25, -0.2) is 0 Å². The Morgan fingerprint density at radius 2 is 1.80 bits per heavy atom. The van der Waals surface area contributed by atoms with Crippen molar-refractivity contribution in [3.05, 3.63) is 28.8 Å². The first-order chi connectivity index (χ1) is 6.94. The van der Waals surface area contributed by atoms with Crippen LogP contribution < -0.4 is 10.6 Å². The van der Waals surface area contributed by atoms with E-state index < -0.39 is 0 Å². The van der Waals surface area contributed by atoms with Gasteiger partial charge in [0.2, 0.25) is 0 Å². The van der Waals surface area contributed by atoms with Gasteiger partial charge in [0.1, 0.15) is 0 Å². The molecule has 0 spiro atoms. The lowest BCUT2D eigenvalue weighted by atomic mass is 9.98. The number of rotatable bonds is 2. The van der Waals surface area contributed by atoms with Crippen molar-refractivity contribution in [1.29, 1.82) is 0 Å². The van der Waals surface area contributed by atoms with Crippen molar-refractivity contribution < 1.29 is 0 Å². The van der Waals surface area contributed by atoms with Gasteiger partial charge in [-0.05, 0) is 49.4 Å². The Kier molecular flexibility index (Phi) is 2.27. The van der Waals surface area contributed by atoms with Crippen LogP contribution in [-0.4, -0.2) is 14.1 Å². The largest absolute Gasteiger partial charge is 0.377 e. The molecule has 1 aromatic rings. The van der Waals surface area contributed by atoms with E-state index in [1.165, 1.54) is 22.4 Å². The minimum absolute atomic E-state index is 0.0246. The third-order valence-corrected chi connectivity index (χ3v) is 3.49. The molecular weight excluding hydrogens is 184 g/mol. The molecule has 2 heteroatoms. The highest BCUT2D eigenvalue weighted by atomic mass is 15.1. The average Bonchev–Trinajstić information content (AvgIpc) is 2.89. The Bertz CT molecular complexity index is 390. The zero-order chi connectivity index (χ0) is 11.2. The predicted molar refractivity (Wildman–Crippen MR) is 65.3 cm³/mol. The SMILES string of the molecule is Cc1cc(C2(N)CC2)cc(N(C)C)c1C. The summed E-state index contributed by atoms with van der Waals surface area (Å²) in [5, 5.41) is 0. The normalized spacial score (nSPS) is 17.7. The molecule has 1 aliphatic rings. The topological polar surface area (TPSA) is 29.3 Å². The molecule has 82 valence electrons. The summed E-state index contributed by atoms with van der Waals surface area (Å²) in [4.78, 5) is 2.16. The lowest BCUT2D eigenvalue weighted by molar-refractivity contribution is 0.738. The van der Waals surface area contributed by atoms with E-state index >= 15 is 0 Å². The van der Waals surface area contributed by atoms with E-state index in [0.717, 1.165) is 12.8 Å². The number of hydrogen-bond acceptors (Lipinski definition) is 2. The minimum Gasteiger partial charge on any atom is -0.377 e. The third kappa shape index (κ3) is 1.74. The second kappa shape index (κ2) is 3.24. The number of anilines is 1. The molecule has 0 amide bonds. The van der Waals surface area contributed by atoms with E-state index in [1.54, 1.807) is 0 Å². The van der Waals surface area contributed by atoms with E-state index in [9.17, 15) is 0 Å². The maximum atomic E-state index is 6.24. The van der Waals surface area contributed by atoms with Crippen LogP contribution in [0.4, 0.5) is 5.69 Å². The Hall–Kier alpha value is -1.02. The van der Waals surface area contributed by atoms with Crippen molar-refractivity contribution >= 4 is 5.69 Å². The second-order valence-electron chi connectivity index (χ2n) is 4.99. The van der Waals surface area contributed by atoms with E-state index in [2.05, 4.69) is 45.0 Å². The maximum absolute atomic E-state index is 6.24. The predicted octanol–water partition coefficient (Wildman–Crippen LogP) is 2.32. The molecular formula is C13H20N2. The smallest absolute Gasteiger partial charge is 0.0412 e. The number of hydrogen-bond donors (Lipinski definition) is 1. The van der Waals surface area contributed by atoms with Crippen molar-refractivity contribution in [2.24, 2.45) is 5.73 Å². The van der Waals surface area contributed by atoms with Gasteiger partial charge in [0.15, 0.2) is 0 Å². The van der Waals surface area contributed by atoms with Gasteiger partial charge in [0.05, 0.1) is 0 Å². The molecule has 2 nitrogen and oxygen atoms in total. The Balaban J connectivity index is 2.51. The zero-order valence-electron chi connectivity index (χ0n) is 10.1. The summed E-state index contributed by atoms with van der Waals surface area (Å²) in [6.45, 7) is 4.34. The van der Waals surface area contributed by atoms with Gasteiger partial charge in [-0.15, -0.1) is 0 Å². The third-order valence-electron chi connectivity index (χ3n) is 3.49. The van der Waals surface area contributed by atoms with Crippen LogP contribution in [0.5, 0.6) is 0 Å². The molecule has 1 fully saturated rings. The van der Waals surface area contributed by atoms with Crippen LogP contribution in [0.3, 0.4) is 0 Å². The van der Waals surface area contributed by atoms with Gasteiger partial charge in [0.25, 0.3) is 0 Å². The highest BCUT2D eigenvalue weighted by Gasteiger charge is 2.40. The molecule has 2 N–H and O–H groups in total. The first-order valence-corrected chi connectivity index (χ1v) is 5.52. The molecule has 1 aliphatic carbocycles. The summed E-state index contributed by atoms with van der Waals surface area (Å²) >= 11 is 0. The summed E-state index contributed by atoms with van der Waals surface area (Å²) < 4.78 is 0. The Morgan fingerprint density at radius 3 is 2.27 bits per heavy atom. The minimum atomic E-state index is -0.0246. The lowest BCUT2D eigenvalue weighted by Crippen LogP contribution is -2.20. The fraction of sp³-hybridized carbons (Fsp3) is 0.538. The molecule has 0 aliphatic heterocycles. The summed E-state index contributed by atoms with van der Waals surface area (Å²) in [5.74, 6) is 0. The molecule has 0 saturated heterocycles. The molecule has 0 bridgehead atoms. The Morgan fingerprint density at radius 1 is 1.20 bits per heavy atom. The first kappa shape index (κ1) is 10.5. The molecule has 0 atom stereocenters. The zero-order valence-corrected chi connectivity index (χ0v) is 10.1. The number of benzene rings is 1. The maximum Gasteiger partial charge on any atom is 0.0412 e. The van der Waals surface area contributed by atoms with Crippen molar-refractivity contribution in [3.8, 4) is 0 Å². The van der Waals surface area contributed by atoms with Crippen LogP contribution in [-0.2, 0) is 5.54 Å². The standard InChI is InChI=1S/C13H20N2/c1-9-7-11(13(14)5-6-13)8-12(10(9)2)15(3)4/h7-8H,5-6,14H2,1-4H3. The van der Waals surface area contributed by atoms with Crippen LogP contribution in [0.25, 0.3) is 0 Å². The van der Waals surface area contributed by atoms with Gasteiger partial charge in [-0.2, -0.15) is 0 Å². The average molecular weight is 204 g/mol. The molecule has 0 heterocycles. The van der Waals surface area contributed by atoms with Crippen LogP contribution in [0.1, 0.15) is 29.5 Å². The highest BCUT2D eigenvalue weighted by molar-refractivity contribution is 5.58. The Labute approximate surface area is 92.1 Å². The van der Waals surface area contributed by atoms with Gasteiger partial charge in [-0.3, -0.25) is 0 Å². The second-order valence-corrected chi connectivity index (χ2v) is 4.99. The molecule has 0 radical (unpaired) electrons. The van der Waals surface area contributed by atoms with Crippen LogP contribution in [0, 0.1) is 13.8 Å². The summed E-state index contributed by atoms with van der Waals surface area (Å²) in [6.07, 6.45) is 2.25. The molecule has 15 heavy (non-hydrogen) atoms. The van der Waals surface area contributed by atoms with Crippen molar-refractivity contribution in [1.82, 2.24) is 0 Å². The van der Waals surface area contributed by atoms with Crippen molar-refractivity contribution in [2.45, 2.75) is 32.2 Å². The number of nitrogens with two attached hydrogens (primary N) is 1. The summed E-state index contributed by atoms with van der Waals surface area (Å²) in [6, 6.07) is 4.49. The highest BCUT2D eigenvalue weighted by Crippen LogP contribution is 2.44. The molecule has 0 aromatic heterocycles. The molecule has 2 rings (SSSR count). The van der Waals surface area contributed by atoms with E-state index in [4.69, 9.17) is 5.73 Å². The monoisotopic (exact) mass is 204 g/mol. The van der Waals surface area contributed by atoms with Gasteiger partial charge < -0.3 is 10.6 Å². The van der Waals surface area contributed by atoms with Crippen LogP contribution >= 0.6 is 0 Å².